The molecule has 1 amide bonds. The molecule has 1 saturated carbocycles. The molecule has 0 unspecified atom stereocenters. The highest BCUT2D eigenvalue weighted by molar-refractivity contribution is 5.67. The maximum Gasteiger partial charge on any atom is 0.407 e. The van der Waals surface area contributed by atoms with Crippen molar-refractivity contribution in [1.29, 1.82) is 0 Å². The van der Waals surface area contributed by atoms with E-state index in [4.69, 9.17) is 9.47 Å². The highest BCUT2D eigenvalue weighted by Gasteiger charge is 2.22. The van der Waals surface area contributed by atoms with Crippen molar-refractivity contribution in [3.05, 3.63) is 0 Å². The van der Waals surface area contributed by atoms with E-state index in [1.165, 1.54) is 6.42 Å². The minimum absolute atomic E-state index is 0.280. The van der Waals surface area contributed by atoms with Gasteiger partial charge in [0.25, 0.3) is 0 Å². The van der Waals surface area contributed by atoms with Gasteiger partial charge in [-0.15, -0.1) is 0 Å². The lowest BCUT2D eigenvalue weighted by molar-refractivity contribution is 0.0158. The van der Waals surface area contributed by atoms with Crippen molar-refractivity contribution < 1.29 is 14.3 Å². The summed E-state index contributed by atoms with van der Waals surface area (Å²) < 4.78 is 11.1. The molecular formula is C18H36N2O3. The van der Waals surface area contributed by atoms with Crippen molar-refractivity contribution in [3.63, 3.8) is 0 Å². The van der Waals surface area contributed by atoms with Crippen LogP contribution < -0.4 is 5.32 Å². The van der Waals surface area contributed by atoms with Gasteiger partial charge in [0, 0.05) is 13.2 Å². The Kier molecular flexibility index (Phi) is 10.3. The Bertz CT molecular complexity index is 313. The summed E-state index contributed by atoms with van der Waals surface area (Å²) in [6, 6.07) is 0. The van der Waals surface area contributed by atoms with E-state index in [1.807, 2.05) is 13.8 Å². The van der Waals surface area contributed by atoms with E-state index in [9.17, 15) is 4.79 Å². The Labute approximate surface area is 142 Å². The fraction of sp³-hybridized carbons (Fsp3) is 0.944. The first-order valence-electron chi connectivity index (χ1n) is 9.14. The molecule has 136 valence electrons. The molecular weight excluding hydrogens is 292 g/mol. The molecule has 0 saturated heterocycles. The van der Waals surface area contributed by atoms with Crippen LogP contribution in [0.5, 0.6) is 0 Å². The zero-order valence-electron chi connectivity index (χ0n) is 15.5. The lowest BCUT2D eigenvalue weighted by Crippen LogP contribution is -2.33. The van der Waals surface area contributed by atoms with E-state index in [-0.39, 0.29) is 6.09 Å². The van der Waals surface area contributed by atoms with Gasteiger partial charge in [-0.1, -0.05) is 13.8 Å². The van der Waals surface area contributed by atoms with Crippen molar-refractivity contribution in [2.45, 2.75) is 58.5 Å². The predicted molar refractivity (Wildman–Crippen MR) is 93.7 cm³/mol. The number of amides is 1. The Morgan fingerprint density at radius 3 is 2.48 bits per heavy atom. The molecule has 0 atom stereocenters. The van der Waals surface area contributed by atoms with E-state index in [0.29, 0.717) is 24.5 Å². The Balaban J connectivity index is 2.01. The third-order valence-electron chi connectivity index (χ3n) is 4.23. The molecule has 0 aromatic heterocycles. The summed E-state index contributed by atoms with van der Waals surface area (Å²) in [5.74, 6) is 0.946. The van der Waals surface area contributed by atoms with Gasteiger partial charge in [-0.2, -0.15) is 0 Å². The second-order valence-electron chi connectivity index (χ2n) is 7.40. The fourth-order valence-electron chi connectivity index (χ4n) is 2.80. The molecule has 1 aliphatic carbocycles. The van der Waals surface area contributed by atoms with Crippen molar-refractivity contribution in [2.75, 3.05) is 40.4 Å². The average molecular weight is 328 g/mol. The van der Waals surface area contributed by atoms with Gasteiger partial charge in [-0.3, -0.25) is 0 Å². The van der Waals surface area contributed by atoms with Gasteiger partial charge >= 0.3 is 6.09 Å². The molecule has 23 heavy (non-hydrogen) atoms. The SMILES string of the molecule is CC(C)COC(=O)NCC1CCC(OCCCCN(C)C)CC1. The monoisotopic (exact) mass is 328 g/mol. The molecule has 0 aliphatic heterocycles. The highest BCUT2D eigenvalue weighted by atomic mass is 16.5. The first-order valence-corrected chi connectivity index (χ1v) is 9.14. The van der Waals surface area contributed by atoms with Gasteiger partial charge in [0.05, 0.1) is 12.7 Å². The molecule has 1 aliphatic rings. The normalized spacial score (nSPS) is 21.7. The van der Waals surface area contributed by atoms with Crippen LogP contribution in [-0.4, -0.2) is 57.5 Å². The van der Waals surface area contributed by atoms with Crippen LogP contribution in [0.3, 0.4) is 0 Å². The number of carbonyl (C=O) groups is 1. The summed E-state index contributed by atoms with van der Waals surface area (Å²) in [6.45, 7) is 7.30. The van der Waals surface area contributed by atoms with Crippen LogP contribution in [0, 0.1) is 11.8 Å². The van der Waals surface area contributed by atoms with Gasteiger partial charge in [-0.25, -0.2) is 4.79 Å². The zero-order chi connectivity index (χ0) is 17.1. The number of carbonyl (C=O) groups excluding carboxylic acids is 1. The number of rotatable bonds is 10. The topological polar surface area (TPSA) is 50.8 Å². The fourth-order valence-corrected chi connectivity index (χ4v) is 2.80. The molecule has 0 radical (unpaired) electrons. The third-order valence-corrected chi connectivity index (χ3v) is 4.23. The first kappa shape index (κ1) is 20.2. The molecule has 0 aromatic rings. The molecule has 1 fully saturated rings. The second kappa shape index (κ2) is 11.7. The van der Waals surface area contributed by atoms with E-state index in [1.54, 1.807) is 0 Å². The minimum Gasteiger partial charge on any atom is -0.449 e. The Hall–Kier alpha value is -0.810. The van der Waals surface area contributed by atoms with Crippen LogP contribution in [0.15, 0.2) is 0 Å². The standard InChI is InChI=1S/C18H36N2O3/c1-15(2)14-23-18(21)19-13-16-7-9-17(10-8-16)22-12-6-5-11-20(3)4/h15-17H,5-14H2,1-4H3,(H,19,21). The quantitative estimate of drug-likeness (QED) is 0.625. The van der Waals surface area contributed by atoms with Crippen molar-refractivity contribution >= 4 is 6.09 Å². The van der Waals surface area contributed by atoms with Gasteiger partial charge < -0.3 is 19.7 Å². The van der Waals surface area contributed by atoms with Crippen LogP contribution in [0.25, 0.3) is 0 Å². The van der Waals surface area contributed by atoms with E-state index in [2.05, 4.69) is 24.3 Å². The van der Waals surface area contributed by atoms with E-state index < -0.39 is 0 Å². The predicted octanol–water partition coefficient (Wildman–Crippen LogP) is 3.29. The maximum atomic E-state index is 11.5. The van der Waals surface area contributed by atoms with Gasteiger partial charge in [-0.05, 0) is 71.0 Å². The van der Waals surface area contributed by atoms with Crippen LogP contribution in [0.1, 0.15) is 52.4 Å². The summed E-state index contributed by atoms with van der Waals surface area (Å²) in [6.07, 6.45) is 6.96. The summed E-state index contributed by atoms with van der Waals surface area (Å²) in [4.78, 5) is 13.8. The summed E-state index contributed by atoms with van der Waals surface area (Å²) in [7, 11) is 4.21. The lowest BCUT2D eigenvalue weighted by atomic mass is 9.87. The highest BCUT2D eigenvalue weighted by Crippen LogP contribution is 2.25. The number of alkyl carbamates (subject to hydrolysis) is 1. The number of hydrogen-bond acceptors (Lipinski definition) is 4. The number of nitrogens with zero attached hydrogens (tertiary/aromatic N) is 1. The van der Waals surface area contributed by atoms with Crippen LogP contribution in [0.4, 0.5) is 4.79 Å². The van der Waals surface area contributed by atoms with Crippen LogP contribution in [0.2, 0.25) is 0 Å². The van der Waals surface area contributed by atoms with E-state index >= 15 is 0 Å². The first-order chi connectivity index (χ1) is 11.0. The van der Waals surface area contributed by atoms with Crippen molar-refractivity contribution in [2.24, 2.45) is 11.8 Å². The van der Waals surface area contributed by atoms with Crippen molar-refractivity contribution in [3.8, 4) is 0 Å². The Morgan fingerprint density at radius 1 is 1.17 bits per heavy atom. The van der Waals surface area contributed by atoms with Gasteiger partial charge in [0.2, 0.25) is 0 Å². The molecule has 5 nitrogen and oxygen atoms in total. The lowest BCUT2D eigenvalue weighted by Gasteiger charge is -2.28. The molecule has 1 rings (SSSR count). The molecule has 5 heteroatoms. The molecule has 0 aromatic carbocycles. The summed E-state index contributed by atoms with van der Waals surface area (Å²) in [5.41, 5.74) is 0. The summed E-state index contributed by atoms with van der Waals surface area (Å²) >= 11 is 0. The second-order valence-corrected chi connectivity index (χ2v) is 7.40. The third kappa shape index (κ3) is 10.6. The smallest absolute Gasteiger partial charge is 0.407 e. The minimum atomic E-state index is -0.280. The van der Waals surface area contributed by atoms with E-state index in [0.717, 1.165) is 51.8 Å². The van der Waals surface area contributed by atoms with Gasteiger partial charge in [0.1, 0.15) is 0 Å². The van der Waals surface area contributed by atoms with Crippen molar-refractivity contribution in [1.82, 2.24) is 10.2 Å². The van der Waals surface area contributed by atoms with Crippen LogP contribution >= 0.6 is 0 Å². The number of hydrogen-bond donors (Lipinski definition) is 1. The molecule has 0 spiro atoms. The molecule has 0 bridgehead atoms. The maximum absolute atomic E-state index is 11.5. The zero-order valence-corrected chi connectivity index (χ0v) is 15.5. The number of ether oxygens (including phenoxy) is 2. The number of unbranched alkanes of at least 4 members (excludes halogenated alkanes) is 1. The number of nitrogens with one attached hydrogen (secondary N) is 1. The van der Waals surface area contributed by atoms with Crippen LogP contribution in [-0.2, 0) is 9.47 Å². The van der Waals surface area contributed by atoms with Gasteiger partial charge in [0.15, 0.2) is 0 Å². The molecule has 1 N–H and O–H groups in total. The molecule has 0 heterocycles. The average Bonchev–Trinajstić information content (AvgIpc) is 2.51. The largest absolute Gasteiger partial charge is 0.449 e. The Morgan fingerprint density at radius 2 is 1.87 bits per heavy atom. The summed E-state index contributed by atoms with van der Waals surface area (Å²) in [5, 5.41) is 2.89.